The Kier molecular flexibility index (Phi) is 6.48. The summed E-state index contributed by atoms with van der Waals surface area (Å²) in [5.41, 5.74) is 6.88. The molecule has 3 aliphatic rings. The number of rotatable bonds is 5. The number of halogens is 4. The summed E-state index contributed by atoms with van der Waals surface area (Å²) < 4.78 is 61.4. The zero-order chi connectivity index (χ0) is 24.7. The summed E-state index contributed by atoms with van der Waals surface area (Å²) in [7, 11) is 0. The van der Waals surface area contributed by atoms with Crippen LogP contribution in [0.25, 0.3) is 0 Å². The minimum absolute atomic E-state index is 0.0564. The zero-order valence-corrected chi connectivity index (χ0v) is 19.3. The molecule has 9 heteroatoms. The fourth-order valence-corrected chi connectivity index (χ4v) is 5.93. The summed E-state index contributed by atoms with van der Waals surface area (Å²) in [5, 5.41) is 0. The van der Waals surface area contributed by atoms with E-state index in [1.807, 2.05) is 0 Å². The summed E-state index contributed by atoms with van der Waals surface area (Å²) in [5.74, 6) is -0.412. The molecule has 0 saturated carbocycles. The van der Waals surface area contributed by atoms with Gasteiger partial charge in [-0.2, -0.15) is 13.2 Å². The van der Waals surface area contributed by atoms with E-state index >= 15 is 0 Å². The number of nitrogens with zero attached hydrogens (tertiary/aromatic N) is 2. The van der Waals surface area contributed by atoms with Gasteiger partial charge in [-0.1, -0.05) is 6.07 Å². The summed E-state index contributed by atoms with van der Waals surface area (Å²) in [6.45, 7) is 1.43. The number of anilines is 2. The van der Waals surface area contributed by atoms with E-state index in [-0.39, 0.29) is 31.2 Å². The monoisotopic (exact) mass is 491 g/mol. The van der Waals surface area contributed by atoms with Crippen LogP contribution < -0.4 is 10.6 Å². The van der Waals surface area contributed by atoms with Crippen molar-refractivity contribution in [2.24, 2.45) is 5.92 Å². The number of ether oxygens (including phenoxy) is 1. The quantitative estimate of drug-likeness (QED) is 0.365. The molecule has 2 aromatic carbocycles. The number of alkyl halides is 3. The molecule has 5 rings (SSSR count). The van der Waals surface area contributed by atoms with Crippen LogP contribution in [0.3, 0.4) is 0 Å². The van der Waals surface area contributed by atoms with Gasteiger partial charge in [0.15, 0.2) is 0 Å². The second-order valence-electron chi connectivity index (χ2n) is 9.85. The van der Waals surface area contributed by atoms with Crippen molar-refractivity contribution in [3.8, 4) is 0 Å². The molecule has 0 spiro atoms. The molecular weight excluding hydrogens is 462 g/mol. The van der Waals surface area contributed by atoms with E-state index < -0.39 is 23.7 Å². The number of hydrogen-bond acceptors (Lipinski definition) is 5. The molecule has 3 fully saturated rings. The van der Waals surface area contributed by atoms with Gasteiger partial charge in [0.2, 0.25) is 0 Å². The minimum Gasteiger partial charge on any atom is -0.399 e. The average Bonchev–Trinajstić information content (AvgIpc) is 3.05. The molecule has 2 bridgehead atoms. The van der Waals surface area contributed by atoms with Crippen molar-refractivity contribution >= 4 is 17.7 Å². The van der Waals surface area contributed by atoms with E-state index in [1.165, 1.54) is 12.1 Å². The number of aldehydes is 1. The van der Waals surface area contributed by atoms with E-state index in [1.54, 1.807) is 23.1 Å². The number of carbonyl (C=O) groups is 1. The third-order valence-corrected chi connectivity index (χ3v) is 7.67. The number of morpholine rings is 1. The predicted molar refractivity (Wildman–Crippen MR) is 124 cm³/mol. The van der Waals surface area contributed by atoms with Gasteiger partial charge in [-0.25, -0.2) is 4.39 Å². The van der Waals surface area contributed by atoms with Crippen LogP contribution in [0.5, 0.6) is 0 Å². The second kappa shape index (κ2) is 9.43. The maximum atomic E-state index is 14.6. The van der Waals surface area contributed by atoms with Gasteiger partial charge in [-0.15, -0.1) is 0 Å². The molecule has 3 saturated heterocycles. The molecule has 188 valence electrons. The Morgan fingerprint density at radius 3 is 2.49 bits per heavy atom. The van der Waals surface area contributed by atoms with E-state index in [9.17, 15) is 22.4 Å². The lowest BCUT2D eigenvalue weighted by Crippen LogP contribution is -2.43. The van der Waals surface area contributed by atoms with Gasteiger partial charge in [0.05, 0.1) is 17.9 Å². The van der Waals surface area contributed by atoms with Crippen molar-refractivity contribution in [1.82, 2.24) is 4.90 Å². The molecule has 2 aromatic rings. The van der Waals surface area contributed by atoms with Crippen molar-refractivity contribution in [2.75, 3.05) is 30.3 Å². The number of nitrogens with two attached hydrogens (primary N) is 1. The third-order valence-electron chi connectivity index (χ3n) is 7.67. The van der Waals surface area contributed by atoms with Crippen molar-refractivity contribution < 1.29 is 27.1 Å². The Morgan fingerprint density at radius 2 is 1.83 bits per heavy atom. The SMILES string of the molecule is Nc1ccc(N2CCOC(c3cc(C(F)(F)F)ccc3CN3C4CCC3CC(C=O)C4)C2)c(F)c1. The van der Waals surface area contributed by atoms with E-state index in [0.29, 0.717) is 30.0 Å². The highest BCUT2D eigenvalue weighted by atomic mass is 19.4. The second-order valence-corrected chi connectivity index (χ2v) is 9.85. The third kappa shape index (κ3) is 4.89. The van der Waals surface area contributed by atoms with Crippen LogP contribution in [0.4, 0.5) is 28.9 Å². The number of nitrogen functional groups attached to an aromatic ring is 1. The molecule has 3 atom stereocenters. The molecule has 3 unspecified atom stereocenters. The lowest BCUT2D eigenvalue weighted by molar-refractivity contribution is -0.137. The first-order chi connectivity index (χ1) is 16.7. The van der Waals surface area contributed by atoms with Crippen LogP contribution >= 0.6 is 0 Å². The van der Waals surface area contributed by atoms with Crippen LogP contribution in [0.15, 0.2) is 36.4 Å². The van der Waals surface area contributed by atoms with Gasteiger partial charge in [-0.3, -0.25) is 4.90 Å². The van der Waals surface area contributed by atoms with E-state index in [0.717, 1.165) is 43.6 Å². The number of piperidine rings is 1. The lowest BCUT2D eigenvalue weighted by atomic mass is 9.90. The van der Waals surface area contributed by atoms with Crippen molar-refractivity contribution in [3.05, 3.63) is 58.9 Å². The number of hydrogen-bond donors (Lipinski definition) is 1. The highest BCUT2D eigenvalue weighted by Crippen LogP contribution is 2.41. The molecule has 3 heterocycles. The zero-order valence-electron chi connectivity index (χ0n) is 19.3. The van der Waals surface area contributed by atoms with Crippen LogP contribution in [0, 0.1) is 11.7 Å². The fraction of sp³-hybridized carbons (Fsp3) is 0.500. The van der Waals surface area contributed by atoms with Gasteiger partial charge >= 0.3 is 6.18 Å². The summed E-state index contributed by atoms with van der Waals surface area (Å²) in [6.07, 6.45) is -0.508. The normalized spacial score (nSPS) is 27.3. The highest BCUT2D eigenvalue weighted by Gasteiger charge is 2.41. The highest BCUT2D eigenvalue weighted by molar-refractivity contribution is 5.55. The van der Waals surface area contributed by atoms with Gasteiger partial charge in [-0.05, 0) is 67.1 Å². The minimum atomic E-state index is -4.48. The molecule has 35 heavy (non-hydrogen) atoms. The van der Waals surface area contributed by atoms with E-state index in [2.05, 4.69) is 4.90 Å². The Hall–Kier alpha value is -2.65. The Balaban J connectivity index is 1.44. The van der Waals surface area contributed by atoms with Gasteiger partial charge in [0.25, 0.3) is 0 Å². The maximum absolute atomic E-state index is 14.6. The van der Waals surface area contributed by atoms with Gasteiger partial charge in [0, 0.05) is 43.3 Å². The molecule has 2 N–H and O–H groups in total. The standard InChI is InChI=1S/C26H29F4N3O2/c27-23-12-19(31)3-6-24(23)32-7-8-35-25(14-32)22-11-18(26(28,29)30)2-1-17(22)13-33-20-4-5-21(33)10-16(9-20)15-34/h1-3,6,11-12,15-16,20-21,25H,4-5,7-10,13-14,31H2. The summed E-state index contributed by atoms with van der Waals surface area (Å²) in [6, 6.07) is 8.82. The van der Waals surface area contributed by atoms with Crippen LogP contribution in [0.2, 0.25) is 0 Å². The molecule has 0 amide bonds. The Bertz CT molecular complexity index is 1080. The van der Waals surface area contributed by atoms with Crippen LogP contribution in [0.1, 0.15) is 48.5 Å². The largest absolute Gasteiger partial charge is 0.416 e. The average molecular weight is 492 g/mol. The van der Waals surface area contributed by atoms with Crippen molar-refractivity contribution in [2.45, 2.75) is 56.6 Å². The molecule has 0 aliphatic carbocycles. The number of carbonyl (C=O) groups excluding carboxylic acids is 1. The smallest absolute Gasteiger partial charge is 0.399 e. The first kappa shape index (κ1) is 24.1. The Labute approximate surface area is 201 Å². The Morgan fingerprint density at radius 1 is 1.09 bits per heavy atom. The number of benzene rings is 2. The number of fused-ring (bicyclic) bond motifs is 2. The topological polar surface area (TPSA) is 58.8 Å². The van der Waals surface area contributed by atoms with Crippen molar-refractivity contribution in [3.63, 3.8) is 0 Å². The first-order valence-corrected chi connectivity index (χ1v) is 12.1. The molecule has 5 nitrogen and oxygen atoms in total. The van der Waals surface area contributed by atoms with Crippen molar-refractivity contribution in [1.29, 1.82) is 0 Å². The van der Waals surface area contributed by atoms with Gasteiger partial charge in [0.1, 0.15) is 18.2 Å². The summed E-state index contributed by atoms with van der Waals surface area (Å²) in [4.78, 5) is 15.5. The lowest BCUT2D eigenvalue weighted by Gasteiger charge is -2.39. The first-order valence-electron chi connectivity index (χ1n) is 12.1. The molecule has 3 aliphatic heterocycles. The van der Waals surface area contributed by atoms with Crippen LogP contribution in [-0.2, 0) is 22.3 Å². The molecular formula is C26H29F4N3O2. The molecule has 0 aromatic heterocycles. The maximum Gasteiger partial charge on any atom is 0.416 e. The van der Waals surface area contributed by atoms with Gasteiger partial charge < -0.3 is 20.2 Å². The summed E-state index contributed by atoms with van der Waals surface area (Å²) >= 11 is 0. The van der Waals surface area contributed by atoms with Crippen LogP contribution in [-0.4, -0.2) is 43.0 Å². The molecule has 0 radical (unpaired) electrons. The van der Waals surface area contributed by atoms with E-state index in [4.69, 9.17) is 10.5 Å². The predicted octanol–water partition coefficient (Wildman–Crippen LogP) is 4.95. The fourth-order valence-electron chi connectivity index (χ4n) is 5.93.